The van der Waals surface area contributed by atoms with Crippen molar-refractivity contribution in [3.8, 4) is 6.07 Å². The molecule has 5 rings (SSSR count). The molecule has 35 heavy (non-hydrogen) atoms. The lowest BCUT2D eigenvalue weighted by Gasteiger charge is -2.37. The number of rotatable bonds is 5. The van der Waals surface area contributed by atoms with Gasteiger partial charge in [-0.1, -0.05) is 12.1 Å². The number of carbonyl (C=O) groups is 2. The van der Waals surface area contributed by atoms with Crippen molar-refractivity contribution in [3.05, 3.63) is 76.9 Å². The Morgan fingerprint density at radius 2 is 1.89 bits per heavy atom. The standard InChI is InChI=1S/C25H22FN7O2/c1-14-8-16(12-29-11-14)30-22-15(10-27)9-19(26)23(32-22)31-20-6-7-28-13-21(20)33-24(34)17-4-2-3-5-18(17)25(33)35/h2-5,8-9,11-12,20-21,28H,6-7,13H2,1H3,(H2,30,31,32)/t20-,21+/m1/s1. The molecule has 2 atom stereocenters. The maximum Gasteiger partial charge on any atom is 0.261 e. The first kappa shape index (κ1) is 22.4. The van der Waals surface area contributed by atoms with Crippen molar-refractivity contribution in [1.29, 1.82) is 5.26 Å². The van der Waals surface area contributed by atoms with Gasteiger partial charge in [0.2, 0.25) is 0 Å². The molecule has 2 aliphatic rings. The van der Waals surface area contributed by atoms with Gasteiger partial charge < -0.3 is 16.0 Å². The highest BCUT2D eigenvalue weighted by Crippen LogP contribution is 2.29. The molecule has 2 aromatic heterocycles. The number of carbonyl (C=O) groups excluding carboxylic acids is 2. The van der Waals surface area contributed by atoms with Gasteiger partial charge in [-0.05, 0) is 49.7 Å². The van der Waals surface area contributed by atoms with E-state index in [9.17, 15) is 19.2 Å². The zero-order chi connectivity index (χ0) is 24.5. The minimum atomic E-state index is -0.700. The van der Waals surface area contributed by atoms with Crippen LogP contribution in [0.25, 0.3) is 0 Å². The Hall–Kier alpha value is -4.36. The third-order valence-electron chi connectivity index (χ3n) is 6.16. The van der Waals surface area contributed by atoms with Gasteiger partial charge in [0.05, 0.1) is 40.7 Å². The van der Waals surface area contributed by atoms with Crippen LogP contribution in [0.5, 0.6) is 0 Å². The first-order chi connectivity index (χ1) is 17.0. The van der Waals surface area contributed by atoms with Crippen molar-refractivity contribution in [2.24, 2.45) is 0 Å². The number of anilines is 3. The lowest BCUT2D eigenvalue weighted by Crippen LogP contribution is -2.58. The summed E-state index contributed by atoms with van der Waals surface area (Å²) in [5, 5.41) is 18.8. The Morgan fingerprint density at radius 1 is 1.14 bits per heavy atom. The molecule has 0 unspecified atom stereocenters. The van der Waals surface area contributed by atoms with E-state index in [2.05, 4.69) is 25.9 Å². The van der Waals surface area contributed by atoms with Crippen molar-refractivity contribution >= 4 is 29.1 Å². The van der Waals surface area contributed by atoms with Gasteiger partial charge in [-0.3, -0.25) is 19.5 Å². The Kier molecular flexibility index (Phi) is 5.84. The van der Waals surface area contributed by atoms with Crippen molar-refractivity contribution in [2.45, 2.75) is 25.4 Å². The summed E-state index contributed by atoms with van der Waals surface area (Å²) in [5.74, 6) is -1.33. The van der Waals surface area contributed by atoms with Gasteiger partial charge in [-0.15, -0.1) is 0 Å². The van der Waals surface area contributed by atoms with Crippen LogP contribution >= 0.6 is 0 Å². The van der Waals surface area contributed by atoms with Gasteiger partial charge in [-0.25, -0.2) is 9.37 Å². The molecule has 0 saturated carbocycles. The van der Waals surface area contributed by atoms with E-state index in [4.69, 9.17) is 0 Å². The van der Waals surface area contributed by atoms with E-state index in [-0.39, 0.29) is 29.0 Å². The minimum absolute atomic E-state index is 0.0387. The number of piperidine rings is 1. The molecular weight excluding hydrogens is 449 g/mol. The van der Waals surface area contributed by atoms with Crippen LogP contribution in [0.2, 0.25) is 0 Å². The monoisotopic (exact) mass is 471 g/mol. The molecule has 176 valence electrons. The van der Waals surface area contributed by atoms with Gasteiger partial charge in [0, 0.05) is 12.7 Å². The summed E-state index contributed by atoms with van der Waals surface area (Å²) < 4.78 is 15.0. The molecular formula is C25H22FN7O2. The number of nitriles is 1. The summed E-state index contributed by atoms with van der Waals surface area (Å²) >= 11 is 0. The number of aryl methyl sites for hydroxylation is 1. The predicted molar refractivity (Wildman–Crippen MR) is 127 cm³/mol. The van der Waals surface area contributed by atoms with Crippen molar-refractivity contribution in [2.75, 3.05) is 23.7 Å². The van der Waals surface area contributed by atoms with Crippen LogP contribution in [0.15, 0.2) is 48.8 Å². The van der Waals surface area contributed by atoms with Crippen molar-refractivity contribution in [3.63, 3.8) is 0 Å². The summed E-state index contributed by atoms with van der Waals surface area (Å²) in [4.78, 5) is 35.8. The summed E-state index contributed by atoms with van der Waals surface area (Å²) in [7, 11) is 0. The summed E-state index contributed by atoms with van der Waals surface area (Å²) in [6.07, 6.45) is 3.80. The van der Waals surface area contributed by atoms with Crippen LogP contribution < -0.4 is 16.0 Å². The second-order valence-electron chi connectivity index (χ2n) is 8.54. The highest BCUT2D eigenvalue weighted by Gasteiger charge is 2.43. The number of pyridine rings is 2. The highest BCUT2D eigenvalue weighted by atomic mass is 19.1. The number of benzene rings is 1. The largest absolute Gasteiger partial charge is 0.363 e. The van der Waals surface area contributed by atoms with Gasteiger partial charge in [-0.2, -0.15) is 5.26 Å². The third kappa shape index (κ3) is 4.18. The fourth-order valence-electron chi connectivity index (χ4n) is 4.50. The van der Waals surface area contributed by atoms with Crippen LogP contribution in [0.1, 0.15) is 38.3 Å². The van der Waals surface area contributed by atoms with Gasteiger partial charge in [0.1, 0.15) is 6.07 Å². The number of hydrogen-bond acceptors (Lipinski definition) is 8. The smallest absolute Gasteiger partial charge is 0.261 e. The summed E-state index contributed by atoms with van der Waals surface area (Å²) in [6.45, 7) is 2.86. The second kappa shape index (κ2) is 9.12. The average Bonchev–Trinajstić information content (AvgIpc) is 3.11. The Labute approximate surface area is 201 Å². The molecule has 10 heteroatoms. The first-order valence-electron chi connectivity index (χ1n) is 11.2. The molecule has 0 radical (unpaired) electrons. The SMILES string of the molecule is Cc1cncc(Nc2nc(N[C@@H]3CCNC[C@@H]3N3C(=O)c4ccccc4C3=O)c(F)cc2C#N)c1. The van der Waals surface area contributed by atoms with Gasteiger partial charge in [0.25, 0.3) is 11.8 Å². The molecule has 1 aromatic carbocycles. The van der Waals surface area contributed by atoms with Crippen LogP contribution in [-0.4, -0.2) is 51.9 Å². The zero-order valence-corrected chi connectivity index (χ0v) is 18.9. The molecule has 3 aromatic rings. The Bertz CT molecular complexity index is 1340. The molecule has 0 bridgehead atoms. The number of fused-ring (bicyclic) bond motifs is 1. The lowest BCUT2D eigenvalue weighted by atomic mass is 9.99. The molecule has 3 N–H and O–H groups in total. The quantitative estimate of drug-likeness (QED) is 0.486. The molecule has 1 saturated heterocycles. The second-order valence-corrected chi connectivity index (χ2v) is 8.54. The molecule has 2 aliphatic heterocycles. The van der Waals surface area contributed by atoms with E-state index in [0.717, 1.165) is 11.6 Å². The fourth-order valence-corrected chi connectivity index (χ4v) is 4.50. The number of halogens is 1. The predicted octanol–water partition coefficient (Wildman–Crippen LogP) is 2.98. The molecule has 9 nitrogen and oxygen atoms in total. The van der Waals surface area contributed by atoms with E-state index in [1.807, 2.05) is 19.1 Å². The van der Waals surface area contributed by atoms with Crippen LogP contribution in [0.4, 0.5) is 21.7 Å². The van der Waals surface area contributed by atoms with Gasteiger partial charge >= 0.3 is 0 Å². The number of imide groups is 1. The van der Waals surface area contributed by atoms with Crippen LogP contribution in [0.3, 0.4) is 0 Å². The van der Waals surface area contributed by atoms with E-state index in [1.54, 1.807) is 36.7 Å². The van der Waals surface area contributed by atoms with E-state index < -0.39 is 17.9 Å². The zero-order valence-electron chi connectivity index (χ0n) is 18.9. The van der Waals surface area contributed by atoms with E-state index in [1.165, 1.54) is 4.90 Å². The molecule has 2 amide bonds. The first-order valence-corrected chi connectivity index (χ1v) is 11.2. The average molecular weight is 471 g/mol. The van der Waals surface area contributed by atoms with Crippen LogP contribution in [0, 0.1) is 24.1 Å². The molecule has 0 aliphatic carbocycles. The summed E-state index contributed by atoms with van der Waals surface area (Å²) in [6, 6.07) is 10.6. The number of hydrogen-bond donors (Lipinski definition) is 3. The Morgan fingerprint density at radius 3 is 2.57 bits per heavy atom. The normalized spacial score (nSPS) is 19.3. The molecule has 4 heterocycles. The van der Waals surface area contributed by atoms with Crippen molar-refractivity contribution in [1.82, 2.24) is 20.2 Å². The fraction of sp³-hybridized carbons (Fsp3) is 0.240. The molecule has 1 fully saturated rings. The van der Waals surface area contributed by atoms with Gasteiger partial charge in [0.15, 0.2) is 17.5 Å². The molecule has 0 spiro atoms. The number of amides is 2. The third-order valence-corrected chi connectivity index (χ3v) is 6.16. The highest BCUT2D eigenvalue weighted by molar-refractivity contribution is 6.21. The number of aromatic nitrogens is 2. The van der Waals surface area contributed by atoms with E-state index >= 15 is 0 Å². The van der Waals surface area contributed by atoms with E-state index in [0.29, 0.717) is 36.3 Å². The summed E-state index contributed by atoms with van der Waals surface area (Å²) in [5.41, 5.74) is 2.28. The Balaban J connectivity index is 1.44. The van der Waals surface area contributed by atoms with Crippen molar-refractivity contribution < 1.29 is 14.0 Å². The minimum Gasteiger partial charge on any atom is -0.363 e. The maximum absolute atomic E-state index is 15.0. The number of nitrogens with one attached hydrogen (secondary N) is 3. The lowest BCUT2D eigenvalue weighted by molar-refractivity contribution is 0.0547. The topological polar surface area (TPSA) is 123 Å². The number of nitrogens with zero attached hydrogens (tertiary/aromatic N) is 4. The van der Waals surface area contributed by atoms with Crippen LogP contribution in [-0.2, 0) is 0 Å². The maximum atomic E-state index is 15.0.